The third kappa shape index (κ3) is 3.93. The van der Waals surface area contributed by atoms with E-state index in [1.807, 2.05) is 41.6 Å². The molecule has 0 spiro atoms. The number of nitrogens with two attached hydrogens (primary N) is 1. The number of hydrogen-bond donors (Lipinski definition) is 1. The van der Waals surface area contributed by atoms with Gasteiger partial charge in [-0.25, -0.2) is 4.99 Å². The molecule has 3 unspecified atom stereocenters. The first kappa shape index (κ1) is 16.2. The molecular formula is C14H17Br2N3S. The summed E-state index contributed by atoms with van der Waals surface area (Å²) in [6.07, 6.45) is 5.65. The minimum absolute atomic E-state index is 0. The number of rotatable bonds is 2. The van der Waals surface area contributed by atoms with Crippen LogP contribution in [0.3, 0.4) is 0 Å². The number of alkyl halides is 1. The van der Waals surface area contributed by atoms with Crippen LogP contribution >= 0.6 is 27.7 Å². The number of amidine groups is 1. The van der Waals surface area contributed by atoms with Gasteiger partial charge in [0.15, 0.2) is 0 Å². The zero-order valence-corrected chi connectivity index (χ0v) is 14.9. The average molecular weight is 419 g/mol. The van der Waals surface area contributed by atoms with E-state index >= 15 is 0 Å². The summed E-state index contributed by atoms with van der Waals surface area (Å²) in [5.41, 5.74) is 3.02. The molecule has 20 heavy (non-hydrogen) atoms. The maximum atomic E-state index is 4.77. The summed E-state index contributed by atoms with van der Waals surface area (Å²) < 4.78 is 0. The fourth-order valence-corrected chi connectivity index (χ4v) is 4.74. The standard InChI is InChI=1S/C14H16BrN3S.BrH/c15-11-7-4-8-12-13(11)19-14(17-12)18-16-9-10-5-2-1-3-6-10;/h1-3,5-6,9,11-13H,4,7-8H2,(H,17,18);1H. The zero-order valence-electron chi connectivity index (χ0n) is 11.0. The number of benzene rings is 1. The van der Waals surface area contributed by atoms with Gasteiger partial charge in [-0.05, 0) is 30.2 Å². The second kappa shape index (κ2) is 7.73. The lowest BCUT2D eigenvalue weighted by Crippen LogP contribution is -3.00. The monoisotopic (exact) mass is 417 g/mol. The molecule has 1 aromatic rings. The van der Waals surface area contributed by atoms with Crippen molar-refractivity contribution in [3.05, 3.63) is 35.9 Å². The summed E-state index contributed by atoms with van der Waals surface area (Å²) in [6.45, 7) is 0. The van der Waals surface area contributed by atoms with Crippen molar-refractivity contribution < 1.29 is 22.4 Å². The number of aliphatic imine (C=N–C) groups is 1. The molecular weight excluding hydrogens is 402 g/mol. The summed E-state index contributed by atoms with van der Waals surface area (Å²) in [5, 5.41) is 6.07. The van der Waals surface area contributed by atoms with E-state index in [1.54, 1.807) is 0 Å². The van der Waals surface area contributed by atoms with Crippen LogP contribution in [0, 0.1) is 0 Å². The van der Waals surface area contributed by atoms with Crippen molar-refractivity contribution in [3.63, 3.8) is 0 Å². The van der Waals surface area contributed by atoms with Crippen molar-refractivity contribution >= 4 is 39.1 Å². The fourth-order valence-electron chi connectivity index (χ4n) is 2.51. The van der Waals surface area contributed by atoms with Crippen LogP contribution in [0.5, 0.6) is 0 Å². The molecule has 1 aliphatic carbocycles. The Labute approximate surface area is 142 Å². The van der Waals surface area contributed by atoms with E-state index in [9.17, 15) is 0 Å². The van der Waals surface area contributed by atoms with Gasteiger partial charge in [0.2, 0.25) is 0 Å². The summed E-state index contributed by atoms with van der Waals surface area (Å²) in [5.74, 6) is 0. The van der Waals surface area contributed by atoms with Crippen LogP contribution in [-0.4, -0.2) is 27.5 Å². The first-order valence-electron chi connectivity index (χ1n) is 6.63. The molecule has 2 N–H and O–H groups in total. The van der Waals surface area contributed by atoms with E-state index in [0.29, 0.717) is 16.1 Å². The van der Waals surface area contributed by atoms with E-state index in [2.05, 4.69) is 33.2 Å². The lowest BCUT2D eigenvalue weighted by atomic mass is 9.95. The topological polar surface area (TPSA) is 41.3 Å². The highest BCUT2D eigenvalue weighted by Gasteiger charge is 2.39. The molecule has 0 radical (unpaired) electrons. The Morgan fingerprint density at radius 2 is 2.10 bits per heavy atom. The minimum Gasteiger partial charge on any atom is -1.00 e. The molecule has 0 saturated heterocycles. The molecule has 6 heteroatoms. The summed E-state index contributed by atoms with van der Waals surface area (Å²) >= 11 is 5.65. The highest BCUT2D eigenvalue weighted by Crippen LogP contribution is 2.38. The molecule has 1 heterocycles. The predicted octanol–water partition coefficient (Wildman–Crippen LogP) is -0.625. The maximum Gasteiger partial charge on any atom is 0.283 e. The molecule has 3 nitrogen and oxygen atoms in total. The van der Waals surface area contributed by atoms with Crippen molar-refractivity contribution in [2.45, 2.75) is 35.4 Å². The van der Waals surface area contributed by atoms with Gasteiger partial charge < -0.3 is 17.0 Å². The minimum atomic E-state index is 0. The first-order valence-corrected chi connectivity index (χ1v) is 8.42. The van der Waals surface area contributed by atoms with Crippen LogP contribution in [0.2, 0.25) is 0 Å². The van der Waals surface area contributed by atoms with Crippen molar-refractivity contribution in [3.8, 4) is 0 Å². The number of quaternary nitrogens is 1. The van der Waals surface area contributed by atoms with E-state index in [1.165, 1.54) is 19.3 Å². The number of halogens is 2. The molecule has 3 atom stereocenters. The predicted molar refractivity (Wildman–Crippen MR) is 85.1 cm³/mol. The number of fused-ring (bicyclic) bond motifs is 1. The Kier molecular flexibility index (Phi) is 6.26. The van der Waals surface area contributed by atoms with Crippen molar-refractivity contribution in [1.29, 1.82) is 0 Å². The molecule has 3 rings (SSSR count). The largest absolute Gasteiger partial charge is 1.00 e. The Hall–Kier alpha value is -0.170. The van der Waals surface area contributed by atoms with Gasteiger partial charge in [-0.1, -0.05) is 57.8 Å². The molecule has 1 aliphatic heterocycles. The van der Waals surface area contributed by atoms with Gasteiger partial charge in [0.1, 0.15) is 0 Å². The second-order valence-electron chi connectivity index (χ2n) is 4.88. The van der Waals surface area contributed by atoms with Gasteiger partial charge in [-0.3, -0.25) is 0 Å². The van der Waals surface area contributed by atoms with Crippen LogP contribution < -0.4 is 22.4 Å². The van der Waals surface area contributed by atoms with Crippen molar-refractivity contribution in [1.82, 2.24) is 0 Å². The summed E-state index contributed by atoms with van der Waals surface area (Å²) in [6, 6.07) is 10.6. The molecule has 0 bridgehead atoms. The van der Waals surface area contributed by atoms with Gasteiger partial charge >= 0.3 is 0 Å². The molecule has 1 aromatic carbocycles. The van der Waals surface area contributed by atoms with E-state index in [0.717, 1.165) is 10.7 Å². The number of hydrogen-bond acceptors (Lipinski definition) is 3. The average Bonchev–Trinajstić information content (AvgIpc) is 2.84. The molecule has 1 saturated carbocycles. The van der Waals surface area contributed by atoms with Crippen LogP contribution in [0.15, 0.2) is 40.4 Å². The van der Waals surface area contributed by atoms with Gasteiger partial charge in [-0.2, -0.15) is 5.43 Å². The second-order valence-corrected chi connectivity index (χ2v) is 7.26. The van der Waals surface area contributed by atoms with Crippen LogP contribution in [0.1, 0.15) is 24.8 Å². The van der Waals surface area contributed by atoms with Crippen LogP contribution in [0.4, 0.5) is 0 Å². The Morgan fingerprint density at radius 1 is 1.30 bits per heavy atom. The Bertz CT molecular complexity index is 492. The maximum absolute atomic E-state index is 4.77. The van der Waals surface area contributed by atoms with Gasteiger partial charge in [0, 0.05) is 4.83 Å². The van der Waals surface area contributed by atoms with E-state index in [4.69, 9.17) is 4.99 Å². The third-order valence-corrected chi connectivity index (χ3v) is 6.22. The van der Waals surface area contributed by atoms with E-state index < -0.39 is 0 Å². The summed E-state index contributed by atoms with van der Waals surface area (Å²) in [4.78, 5) is 5.37. The van der Waals surface area contributed by atoms with E-state index in [-0.39, 0.29) is 17.0 Å². The number of nitrogens with zero attached hydrogens (tertiary/aromatic N) is 2. The van der Waals surface area contributed by atoms with Crippen molar-refractivity contribution in [2.75, 3.05) is 0 Å². The Balaban J connectivity index is 0.00000147. The zero-order chi connectivity index (χ0) is 13.1. The quantitative estimate of drug-likeness (QED) is 0.295. The highest BCUT2D eigenvalue weighted by atomic mass is 79.9. The lowest BCUT2D eigenvalue weighted by Gasteiger charge is -2.26. The molecule has 2 aliphatic rings. The molecule has 108 valence electrons. The third-order valence-electron chi connectivity index (χ3n) is 3.47. The first-order chi connectivity index (χ1) is 9.33. The smallest absolute Gasteiger partial charge is 0.283 e. The Morgan fingerprint density at radius 3 is 2.85 bits per heavy atom. The normalized spacial score (nSPS) is 28.9. The van der Waals surface area contributed by atoms with Crippen LogP contribution in [-0.2, 0) is 0 Å². The SMILES string of the molecule is BrC1CCCC2N=C([NH2+]N=Cc3ccccc3)SC12.[Br-]. The summed E-state index contributed by atoms with van der Waals surface area (Å²) in [7, 11) is 0. The van der Waals surface area contributed by atoms with Gasteiger partial charge in [0.25, 0.3) is 5.17 Å². The van der Waals surface area contributed by atoms with Crippen LogP contribution in [0.25, 0.3) is 0 Å². The molecule has 0 aromatic heterocycles. The molecule has 1 fully saturated rings. The molecule has 0 amide bonds. The fraction of sp³-hybridized carbons (Fsp3) is 0.429. The van der Waals surface area contributed by atoms with Gasteiger partial charge in [-0.15, -0.1) is 0 Å². The van der Waals surface area contributed by atoms with Gasteiger partial charge in [0.05, 0.1) is 17.5 Å². The lowest BCUT2D eigenvalue weighted by molar-refractivity contribution is -0.539. The van der Waals surface area contributed by atoms with Crippen molar-refractivity contribution in [2.24, 2.45) is 10.1 Å². The number of thioether (sulfide) groups is 1. The highest BCUT2D eigenvalue weighted by molar-refractivity contribution is 9.09.